The summed E-state index contributed by atoms with van der Waals surface area (Å²) in [5.74, 6) is -0.201. The lowest BCUT2D eigenvalue weighted by atomic mass is 10.3. The molecule has 0 aliphatic carbocycles. The summed E-state index contributed by atoms with van der Waals surface area (Å²) in [6.45, 7) is -0.192. The van der Waals surface area contributed by atoms with E-state index in [9.17, 15) is 9.59 Å². The average Bonchev–Trinajstić information content (AvgIpc) is 2.77. The Hall–Kier alpha value is -2.57. The van der Waals surface area contributed by atoms with Gasteiger partial charge in [0.1, 0.15) is 6.54 Å². The van der Waals surface area contributed by atoms with Gasteiger partial charge in [0.15, 0.2) is 0 Å². The smallest absolute Gasteiger partial charge is 0.325 e. The number of para-hydroxylation sites is 2. The first-order valence-electron chi connectivity index (χ1n) is 5.25. The highest BCUT2D eigenvalue weighted by atomic mass is 16.5. The third-order valence-corrected chi connectivity index (χ3v) is 2.24. The average molecular weight is 248 g/mol. The second kappa shape index (κ2) is 5.17. The lowest BCUT2D eigenvalue weighted by molar-refractivity contribution is -0.139. The second-order valence-electron chi connectivity index (χ2n) is 3.49. The van der Waals surface area contributed by atoms with Crippen LogP contribution in [0.2, 0.25) is 0 Å². The van der Waals surface area contributed by atoms with Gasteiger partial charge in [-0.1, -0.05) is 12.1 Å². The minimum Gasteiger partial charge on any atom is -0.468 e. The van der Waals surface area contributed by atoms with Crippen molar-refractivity contribution in [2.24, 2.45) is 0 Å². The van der Waals surface area contributed by atoms with Crippen molar-refractivity contribution in [1.29, 1.82) is 0 Å². The van der Waals surface area contributed by atoms with Crippen molar-refractivity contribution in [3.05, 3.63) is 24.3 Å². The highest BCUT2D eigenvalue weighted by molar-refractivity contribution is 5.91. The number of carbonyl (C=O) groups excluding carboxylic acids is 2. The fraction of sp³-hybridized carbons (Fsp3) is 0.182. The quantitative estimate of drug-likeness (QED) is 0.702. The topological polar surface area (TPSA) is 96.1 Å². The summed E-state index contributed by atoms with van der Waals surface area (Å²) in [7, 11) is 1.25. The molecule has 2 rings (SSSR count). The van der Waals surface area contributed by atoms with Crippen LogP contribution in [0.1, 0.15) is 0 Å². The number of H-pyrrole nitrogens is 1. The van der Waals surface area contributed by atoms with Crippen molar-refractivity contribution in [3.8, 4) is 0 Å². The molecular weight excluding hydrogens is 236 g/mol. The van der Waals surface area contributed by atoms with Crippen molar-refractivity contribution in [2.75, 3.05) is 19.0 Å². The van der Waals surface area contributed by atoms with Crippen LogP contribution in [-0.4, -0.2) is 35.6 Å². The van der Waals surface area contributed by atoms with Crippen LogP contribution in [-0.2, 0) is 9.53 Å². The number of urea groups is 1. The Morgan fingerprint density at radius 3 is 2.89 bits per heavy atom. The first kappa shape index (κ1) is 11.9. The van der Waals surface area contributed by atoms with Crippen molar-refractivity contribution < 1.29 is 14.3 Å². The minimum absolute atomic E-state index is 0.192. The van der Waals surface area contributed by atoms with Gasteiger partial charge in [0, 0.05) is 0 Å². The summed E-state index contributed by atoms with van der Waals surface area (Å²) < 4.78 is 4.39. The number of ether oxygens (including phenoxy) is 1. The lowest BCUT2D eigenvalue weighted by Crippen LogP contribution is -2.34. The molecule has 0 aliphatic heterocycles. The van der Waals surface area contributed by atoms with Crippen LogP contribution in [0.4, 0.5) is 10.7 Å². The molecule has 7 heteroatoms. The number of nitrogens with one attached hydrogen (secondary N) is 3. The fourth-order valence-corrected chi connectivity index (χ4v) is 1.39. The highest BCUT2D eigenvalue weighted by Crippen LogP contribution is 2.12. The molecule has 0 radical (unpaired) electrons. The Bertz CT molecular complexity index is 545. The van der Waals surface area contributed by atoms with Gasteiger partial charge in [-0.2, -0.15) is 0 Å². The monoisotopic (exact) mass is 248 g/mol. The molecule has 1 aromatic carbocycles. The predicted molar refractivity (Wildman–Crippen MR) is 65.1 cm³/mol. The number of benzene rings is 1. The number of hydrogen-bond acceptors (Lipinski definition) is 4. The minimum atomic E-state index is -0.528. The summed E-state index contributed by atoms with van der Waals surface area (Å²) in [5, 5.41) is 4.83. The van der Waals surface area contributed by atoms with E-state index in [-0.39, 0.29) is 6.54 Å². The van der Waals surface area contributed by atoms with E-state index in [0.717, 1.165) is 11.0 Å². The molecule has 0 saturated carbocycles. The number of hydrogen-bond donors (Lipinski definition) is 3. The van der Waals surface area contributed by atoms with Crippen LogP contribution in [0.15, 0.2) is 24.3 Å². The highest BCUT2D eigenvalue weighted by Gasteiger charge is 2.07. The van der Waals surface area contributed by atoms with Gasteiger partial charge in [-0.3, -0.25) is 10.1 Å². The van der Waals surface area contributed by atoms with E-state index < -0.39 is 12.0 Å². The van der Waals surface area contributed by atoms with Gasteiger partial charge in [-0.05, 0) is 12.1 Å². The largest absolute Gasteiger partial charge is 0.468 e. The van der Waals surface area contributed by atoms with Crippen LogP contribution in [0.3, 0.4) is 0 Å². The third-order valence-electron chi connectivity index (χ3n) is 2.24. The molecule has 1 aromatic heterocycles. The summed E-state index contributed by atoms with van der Waals surface area (Å²) in [6.07, 6.45) is 0. The molecule has 18 heavy (non-hydrogen) atoms. The number of methoxy groups -OCH3 is 1. The van der Waals surface area contributed by atoms with Crippen LogP contribution >= 0.6 is 0 Å². The zero-order valence-corrected chi connectivity index (χ0v) is 9.69. The molecule has 2 aromatic rings. The fourth-order valence-electron chi connectivity index (χ4n) is 1.39. The Morgan fingerprint density at radius 1 is 1.39 bits per heavy atom. The number of anilines is 1. The van der Waals surface area contributed by atoms with Gasteiger partial charge in [0.2, 0.25) is 5.95 Å². The predicted octanol–water partition coefficient (Wildman–Crippen LogP) is 0.857. The molecule has 0 spiro atoms. The Balaban J connectivity index is 1.96. The van der Waals surface area contributed by atoms with Crippen LogP contribution in [0, 0.1) is 0 Å². The summed E-state index contributed by atoms with van der Waals surface area (Å²) in [6, 6.07) is 6.86. The van der Waals surface area contributed by atoms with Crippen molar-refractivity contribution in [2.45, 2.75) is 0 Å². The molecule has 0 bridgehead atoms. The maximum absolute atomic E-state index is 11.4. The number of aromatic nitrogens is 2. The van der Waals surface area contributed by atoms with Crippen LogP contribution in [0.5, 0.6) is 0 Å². The van der Waals surface area contributed by atoms with E-state index in [1.165, 1.54) is 7.11 Å². The maximum atomic E-state index is 11.4. The van der Waals surface area contributed by atoms with Crippen molar-refractivity contribution in [1.82, 2.24) is 15.3 Å². The lowest BCUT2D eigenvalue weighted by Gasteiger charge is -2.03. The third kappa shape index (κ3) is 2.76. The van der Waals surface area contributed by atoms with Crippen molar-refractivity contribution in [3.63, 3.8) is 0 Å². The number of amides is 2. The van der Waals surface area contributed by atoms with E-state index in [4.69, 9.17) is 0 Å². The Morgan fingerprint density at radius 2 is 2.17 bits per heavy atom. The molecule has 1 heterocycles. The van der Waals surface area contributed by atoms with E-state index in [2.05, 4.69) is 25.3 Å². The van der Waals surface area contributed by atoms with Gasteiger partial charge >= 0.3 is 12.0 Å². The number of rotatable bonds is 3. The van der Waals surface area contributed by atoms with Gasteiger partial charge in [0.25, 0.3) is 0 Å². The number of imidazole rings is 1. The summed E-state index contributed by atoms with van der Waals surface area (Å²) >= 11 is 0. The maximum Gasteiger partial charge on any atom is 0.325 e. The molecule has 3 N–H and O–H groups in total. The van der Waals surface area contributed by atoms with Gasteiger partial charge in [0.05, 0.1) is 18.1 Å². The standard InChI is InChI=1S/C11H12N4O3/c1-18-9(16)6-12-11(17)15-10-13-7-4-2-3-5-8(7)14-10/h2-5H,6H2,1H3,(H3,12,13,14,15,17). The molecule has 94 valence electrons. The molecule has 0 aliphatic rings. The molecular formula is C11H12N4O3. The van der Waals surface area contributed by atoms with E-state index >= 15 is 0 Å². The van der Waals surface area contributed by atoms with E-state index in [1.807, 2.05) is 24.3 Å². The SMILES string of the molecule is COC(=O)CNC(=O)Nc1nc2ccccc2[nH]1. The van der Waals surface area contributed by atoms with Gasteiger partial charge in [-0.25, -0.2) is 9.78 Å². The molecule has 7 nitrogen and oxygen atoms in total. The van der Waals surface area contributed by atoms with Crippen LogP contribution < -0.4 is 10.6 Å². The van der Waals surface area contributed by atoms with Gasteiger partial charge in [-0.15, -0.1) is 0 Å². The van der Waals surface area contributed by atoms with E-state index in [0.29, 0.717) is 5.95 Å². The molecule has 0 atom stereocenters. The first-order chi connectivity index (χ1) is 8.69. The summed E-state index contributed by atoms with van der Waals surface area (Å²) in [5.41, 5.74) is 1.57. The molecule has 2 amide bonds. The Kier molecular flexibility index (Phi) is 3.42. The normalized spacial score (nSPS) is 10.1. The van der Waals surface area contributed by atoms with Crippen molar-refractivity contribution >= 4 is 29.0 Å². The number of aromatic amines is 1. The number of esters is 1. The molecule has 0 fully saturated rings. The van der Waals surface area contributed by atoms with Crippen LogP contribution in [0.25, 0.3) is 11.0 Å². The first-order valence-corrected chi connectivity index (χ1v) is 5.25. The van der Waals surface area contributed by atoms with E-state index in [1.54, 1.807) is 0 Å². The zero-order valence-electron chi connectivity index (χ0n) is 9.69. The number of nitrogens with zero attached hydrogens (tertiary/aromatic N) is 1. The zero-order chi connectivity index (χ0) is 13.0. The summed E-state index contributed by atoms with van der Waals surface area (Å²) in [4.78, 5) is 29.3. The van der Waals surface area contributed by atoms with Gasteiger partial charge < -0.3 is 15.0 Å². The molecule has 0 saturated heterocycles. The number of carbonyl (C=O) groups is 2. The molecule has 0 unspecified atom stereocenters. The number of fused-ring (bicyclic) bond motifs is 1. The second-order valence-corrected chi connectivity index (χ2v) is 3.49. The Labute approximate surface area is 103 Å².